The number of aliphatic hydroxyl groups excluding tert-OH is 2. The zero-order valence-corrected chi connectivity index (χ0v) is 23.3. The van der Waals surface area contributed by atoms with Crippen LogP contribution in [0.15, 0.2) is 36.4 Å². The zero-order valence-electron chi connectivity index (χ0n) is 23.3. The SMILES string of the molecule is CC(C)[C@H]1C(O)[C@@H](C(N)=O)C(=O)[C@]2(O)C(O)[C@H]3C(=O)c4c(O)ccc(-c5cccc(C(=O)O)c5)c4C[C@]3(C)C[C@]12C. The first-order valence-corrected chi connectivity index (χ1v) is 13.7. The number of aromatic hydroxyl groups is 1. The molecule has 41 heavy (non-hydrogen) atoms. The van der Waals surface area contributed by atoms with Crippen molar-refractivity contribution in [2.45, 2.75) is 58.3 Å². The lowest BCUT2D eigenvalue weighted by Crippen LogP contribution is -2.79. The molecule has 2 unspecified atom stereocenters. The summed E-state index contributed by atoms with van der Waals surface area (Å²) in [6.07, 6.45) is -3.32. The first-order valence-electron chi connectivity index (χ1n) is 13.7. The number of phenols is 1. The van der Waals surface area contributed by atoms with Gasteiger partial charge in [-0.2, -0.15) is 0 Å². The highest BCUT2D eigenvalue weighted by atomic mass is 16.4. The van der Waals surface area contributed by atoms with Crippen LogP contribution in [-0.4, -0.2) is 66.8 Å². The van der Waals surface area contributed by atoms with Gasteiger partial charge in [0.05, 0.1) is 23.1 Å². The van der Waals surface area contributed by atoms with Crippen LogP contribution in [-0.2, 0) is 16.0 Å². The van der Waals surface area contributed by atoms with Crippen molar-refractivity contribution >= 4 is 23.4 Å². The third-order valence-corrected chi connectivity index (χ3v) is 10.1. The van der Waals surface area contributed by atoms with Gasteiger partial charge in [0.15, 0.2) is 17.2 Å². The van der Waals surface area contributed by atoms with Crippen molar-refractivity contribution < 1.29 is 44.7 Å². The lowest BCUT2D eigenvalue weighted by molar-refractivity contribution is -0.265. The molecule has 0 saturated heterocycles. The van der Waals surface area contributed by atoms with Crippen LogP contribution in [0.4, 0.5) is 0 Å². The summed E-state index contributed by atoms with van der Waals surface area (Å²) in [7, 11) is 0. The van der Waals surface area contributed by atoms with Gasteiger partial charge in [-0.3, -0.25) is 14.4 Å². The number of carboxylic acids is 1. The van der Waals surface area contributed by atoms with Gasteiger partial charge in [0.1, 0.15) is 17.8 Å². The molecule has 0 spiro atoms. The normalized spacial score (nSPS) is 36.3. The number of benzene rings is 2. The molecule has 0 radical (unpaired) electrons. The maximum Gasteiger partial charge on any atom is 0.335 e. The summed E-state index contributed by atoms with van der Waals surface area (Å²) < 4.78 is 0. The van der Waals surface area contributed by atoms with Gasteiger partial charge in [-0.25, -0.2) is 4.79 Å². The topological polar surface area (TPSA) is 195 Å². The number of ketones is 2. The largest absolute Gasteiger partial charge is 0.507 e. The number of primary amides is 1. The molecule has 0 heterocycles. The maximum absolute atomic E-state index is 14.2. The summed E-state index contributed by atoms with van der Waals surface area (Å²) >= 11 is 0. The van der Waals surface area contributed by atoms with Crippen molar-refractivity contribution in [3.8, 4) is 16.9 Å². The number of amides is 1. The monoisotopic (exact) mass is 565 g/mol. The van der Waals surface area contributed by atoms with E-state index >= 15 is 0 Å². The molecule has 2 fully saturated rings. The smallest absolute Gasteiger partial charge is 0.335 e. The molecule has 2 aromatic carbocycles. The Morgan fingerprint density at radius 1 is 1.07 bits per heavy atom. The van der Waals surface area contributed by atoms with E-state index in [9.17, 15) is 44.7 Å². The van der Waals surface area contributed by atoms with Gasteiger partial charge in [-0.15, -0.1) is 0 Å². The molecular weight excluding hydrogens is 530 g/mol. The molecule has 10 nitrogen and oxygen atoms in total. The summed E-state index contributed by atoms with van der Waals surface area (Å²) in [5, 5.41) is 55.6. The van der Waals surface area contributed by atoms with Crippen LogP contribution in [0.3, 0.4) is 0 Å². The van der Waals surface area contributed by atoms with Gasteiger partial charge in [-0.1, -0.05) is 45.9 Å². The zero-order chi connectivity index (χ0) is 30.4. The highest BCUT2D eigenvalue weighted by molar-refractivity contribution is 6.09. The minimum Gasteiger partial charge on any atom is -0.507 e. The summed E-state index contributed by atoms with van der Waals surface area (Å²) in [6, 6.07) is 9.11. The number of aromatic carboxylic acids is 1. The van der Waals surface area contributed by atoms with Crippen LogP contribution in [0, 0.1) is 34.5 Å². The highest BCUT2D eigenvalue weighted by Gasteiger charge is 2.75. The fraction of sp³-hybridized carbons (Fsp3) is 0.484. The number of hydrogen-bond acceptors (Lipinski definition) is 8. The standard InChI is InChI=1S/C31H35NO9/c1-13(2)21-24(35)20(27(32)38)25(36)31(41)26(37)22-23(34)19-17(11-29(22,3)12-30(21,31)4)16(8-9-18(19)33)14-6-5-7-15(10-14)28(39)40/h5-10,13,20-22,24,26,33,35,37,41H,11-12H2,1-4H3,(H2,32,38)(H,39,40)/t20-,21+,22-,24?,26?,29-,30-,31+/m1/s1. The van der Waals surface area contributed by atoms with E-state index in [-0.39, 0.29) is 35.6 Å². The van der Waals surface area contributed by atoms with E-state index < -0.39 is 69.8 Å². The second-order valence-corrected chi connectivity index (χ2v) is 12.9. The predicted molar refractivity (Wildman–Crippen MR) is 146 cm³/mol. The molecule has 3 aliphatic rings. The van der Waals surface area contributed by atoms with Gasteiger partial charge in [-0.05, 0) is 65.0 Å². The first-order chi connectivity index (χ1) is 19.0. The average molecular weight is 566 g/mol. The maximum atomic E-state index is 14.2. The molecule has 3 aliphatic carbocycles. The van der Waals surface area contributed by atoms with Gasteiger partial charge in [0.25, 0.3) is 0 Å². The Bertz CT molecular complexity index is 1500. The Morgan fingerprint density at radius 3 is 2.32 bits per heavy atom. The lowest BCUT2D eigenvalue weighted by Gasteiger charge is -2.66. The summed E-state index contributed by atoms with van der Waals surface area (Å²) in [6.45, 7) is 6.92. The van der Waals surface area contributed by atoms with E-state index in [1.807, 2.05) is 0 Å². The van der Waals surface area contributed by atoms with Crippen LogP contribution in [0.5, 0.6) is 5.75 Å². The summed E-state index contributed by atoms with van der Waals surface area (Å²) in [5.41, 5.74) is 1.85. The van der Waals surface area contributed by atoms with Crippen molar-refractivity contribution in [3.05, 3.63) is 53.1 Å². The van der Waals surface area contributed by atoms with Gasteiger partial charge < -0.3 is 31.3 Å². The molecule has 5 rings (SSSR count). The van der Waals surface area contributed by atoms with E-state index in [4.69, 9.17) is 5.73 Å². The number of carboxylic acid groups (broad SMARTS) is 1. The van der Waals surface area contributed by atoms with Gasteiger partial charge >= 0.3 is 5.97 Å². The Balaban J connectivity index is 1.73. The van der Waals surface area contributed by atoms with Crippen molar-refractivity contribution in [1.29, 1.82) is 0 Å². The number of carbonyl (C=O) groups excluding carboxylic acids is 3. The molecule has 1 amide bonds. The fourth-order valence-electron chi connectivity index (χ4n) is 8.62. The van der Waals surface area contributed by atoms with E-state index in [0.717, 1.165) is 0 Å². The highest BCUT2D eigenvalue weighted by Crippen LogP contribution is 2.66. The van der Waals surface area contributed by atoms with Crippen LogP contribution in [0.25, 0.3) is 11.1 Å². The molecule has 2 saturated carbocycles. The minimum atomic E-state index is -2.58. The first kappa shape index (κ1) is 28.9. The van der Waals surface area contributed by atoms with Gasteiger partial charge in [0, 0.05) is 5.41 Å². The summed E-state index contributed by atoms with van der Waals surface area (Å²) in [5.74, 6) is -8.70. The third-order valence-electron chi connectivity index (χ3n) is 10.1. The van der Waals surface area contributed by atoms with Gasteiger partial charge in [0.2, 0.25) is 5.91 Å². The van der Waals surface area contributed by atoms with Crippen LogP contribution in [0.2, 0.25) is 0 Å². The number of phenolic OH excluding ortho intramolecular Hbond substituents is 1. The number of carbonyl (C=O) groups is 4. The number of fused-ring (bicyclic) bond motifs is 3. The number of rotatable bonds is 4. The molecule has 218 valence electrons. The Hall–Kier alpha value is -3.60. The quantitative estimate of drug-likeness (QED) is 0.300. The Labute approximate surface area is 236 Å². The number of aliphatic hydroxyl groups is 3. The molecule has 8 atom stereocenters. The van der Waals surface area contributed by atoms with Crippen molar-refractivity contribution in [1.82, 2.24) is 0 Å². The van der Waals surface area contributed by atoms with Crippen LogP contribution in [0.1, 0.15) is 60.4 Å². The third kappa shape index (κ3) is 3.73. The number of nitrogens with two attached hydrogens (primary N) is 1. The Kier molecular flexibility index (Phi) is 6.49. The second kappa shape index (κ2) is 9.20. The van der Waals surface area contributed by atoms with E-state index in [2.05, 4.69) is 0 Å². The van der Waals surface area contributed by atoms with Crippen molar-refractivity contribution in [3.63, 3.8) is 0 Å². The molecular formula is C31H35NO9. The molecule has 0 aliphatic heterocycles. The molecule has 2 aromatic rings. The molecule has 0 aromatic heterocycles. The fourth-order valence-corrected chi connectivity index (χ4v) is 8.62. The number of hydrogen-bond donors (Lipinski definition) is 6. The minimum absolute atomic E-state index is 0.0186. The molecule has 7 N–H and O–H groups in total. The van der Waals surface area contributed by atoms with E-state index in [1.165, 1.54) is 18.2 Å². The second-order valence-electron chi connectivity index (χ2n) is 12.9. The van der Waals surface area contributed by atoms with Crippen LogP contribution >= 0.6 is 0 Å². The average Bonchev–Trinajstić information content (AvgIpc) is 2.86. The van der Waals surface area contributed by atoms with E-state index in [1.54, 1.807) is 45.9 Å². The summed E-state index contributed by atoms with van der Waals surface area (Å²) in [4.78, 5) is 51.9. The predicted octanol–water partition coefficient (Wildman–Crippen LogP) is 1.94. The van der Waals surface area contributed by atoms with Crippen molar-refractivity contribution in [2.24, 2.45) is 40.2 Å². The van der Waals surface area contributed by atoms with E-state index in [0.29, 0.717) is 16.7 Å². The van der Waals surface area contributed by atoms with Crippen LogP contribution < -0.4 is 5.73 Å². The molecule has 10 heteroatoms. The number of Topliss-reactive ketones (excluding diaryl/α,β-unsaturated/α-hetero) is 2. The van der Waals surface area contributed by atoms with Crippen molar-refractivity contribution in [2.75, 3.05) is 0 Å². The lowest BCUT2D eigenvalue weighted by atomic mass is 9.39. The molecule has 0 bridgehead atoms. The Morgan fingerprint density at radius 2 is 1.73 bits per heavy atom.